The summed E-state index contributed by atoms with van der Waals surface area (Å²) in [5, 5.41) is 7.12. The molecule has 0 aliphatic rings. The molecule has 0 bridgehead atoms. The van der Waals surface area contributed by atoms with Crippen LogP contribution in [0.3, 0.4) is 0 Å². The molecule has 0 aromatic carbocycles. The number of rotatable bonds is 5. The Morgan fingerprint density at radius 3 is 3.08 bits per heavy atom. The monoisotopic (exact) mass is 246 g/mol. The highest BCUT2D eigenvalue weighted by atomic mass is 79.9. The van der Waals surface area contributed by atoms with Gasteiger partial charge in [-0.3, -0.25) is 4.79 Å². The van der Waals surface area contributed by atoms with Gasteiger partial charge in [0.05, 0.1) is 0 Å². The van der Waals surface area contributed by atoms with Crippen molar-refractivity contribution in [1.82, 2.24) is 5.16 Å². The van der Waals surface area contributed by atoms with E-state index in [0.717, 1.165) is 18.2 Å². The Labute approximate surface area is 84.8 Å². The van der Waals surface area contributed by atoms with Gasteiger partial charge in [-0.25, -0.2) is 0 Å². The molecule has 0 aliphatic heterocycles. The van der Waals surface area contributed by atoms with Crippen LogP contribution in [-0.4, -0.2) is 16.4 Å². The molecule has 0 atom stereocenters. The van der Waals surface area contributed by atoms with E-state index < -0.39 is 0 Å². The number of nitrogens with zero attached hydrogens (tertiary/aromatic N) is 1. The predicted octanol–water partition coefficient (Wildman–Crippen LogP) is 2.18. The zero-order valence-electron chi connectivity index (χ0n) is 7.12. The Balaban J connectivity index is 2.18. The van der Waals surface area contributed by atoms with Crippen molar-refractivity contribution in [2.75, 3.05) is 10.6 Å². The lowest BCUT2D eigenvalue weighted by Gasteiger charge is -1.99. The minimum Gasteiger partial charge on any atom is -0.363 e. The van der Waals surface area contributed by atoms with Crippen LogP contribution in [0.4, 0.5) is 5.82 Å². The van der Waals surface area contributed by atoms with Crippen molar-refractivity contribution >= 4 is 27.7 Å². The van der Waals surface area contributed by atoms with Gasteiger partial charge in [0.25, 0.3) is 0 Å². The number of aromatic nitrogens is 1. The topological polar surface area (TPSA) is 55.1 Å². The van der Waals surface area contributed by atoms with Gasteiger partial charge in [0.15, 0.2) is 5.82 Å². The number of carbonyl (C=O) groups is 1. The van der Waals surface area contributed by atoms with Crippen molar-refractivity contribution in [2.24, 2.45) is 0 Å². The van der Waals surface area contributed by atoms with E-state index in [1.165, 1.54) is 6.26 Å². The SMILES string of the molecule is O=C(CCCCBr)Nc1ccon1. The molecule has 72 valence electrons. The first-order valence-corrected chi connectivity index (χ1v) is 5.21. The van der Waals surface area contributed by atoms with Gasteiger partial charge in [-0.05, 0) is 12.8 Å². The zero-order valence-corrected chi connectivity index (χ0v) is 8.71. The van der Waals surface area contributed by atoms with Crippen molar-refractivity contribution in [2.45, 2.75) is 19.3 Å². The molecule has 0 radical (unpaired) electrons. The number of nitrogens with one attached hydrogen (secondary N) is 1. The van der Waals surface area contributed by atoms with Crippen LogP contribution < -0.4 is 5.32 Å². The predicted molar refractivity (Wildman–Crippen MR) is 52.8 cm³/mol. The highest BCUT2D eigenvalue weighted by molar-refractivity contribution is 9.09. The molecule has 1 rings (SSSR count). The maximum Gasteiger partial charge on any atom is 0.225 e. The van der Waals surface area contributed by atoms with Crippen LogP contribution in [0.15, 0.2) is 16.9 Å². The van der Waals surface area contributed by atoms with Gasteiger partial charge in [-0.2, -0.15) is 0 Å². The molecule has 0 spiro atoms. The number of hydrogen-bond acceptors (Lipinski definition) is 3. The number of carbonyl (C=O) groups excluding carboxylic acids is 1. The largest absolute Gasteiger partial charge is 0.363 e. The third kappa shape index (κ3) is 4.07. The highest BCUT2D eigenvalue weighted by Crippen LogP contribution is 2.04. The van der Waals surface area contributed by atoms with Crippen molar-refractivity contribution in [3.8, 4) is 0 Å². The van der Waals surface area contributed by atoms with E-state index in [9.17, 15) is 4.79 Å². The van der Waals surface area contributed by atoms with E-state index in [1.807, 2.05) is 0 Å². The normalized spacial score (nSPS) is 9.92. The number of halogens is 1. The molecule has 5 heteroatoms. The Hall–Kier alpha value is -0.840. The minimum absolute atomic E-state index is 0.0187. The van der Waals surface area contributed by atoms with Crippen LogP contribution in [0.2, 0.25) is 0 Å². The van der Waals surface area contributed by atoms with Gasteiger partial charge in [0.1, 0.15) is 6.26 Å². The fraction of sp³-hybridized carbons (Fsp3) is 0.500. The van der Waals surface area contributed by atoms with E-state index in [0.29, 0.717) is 12.2 Å². The van der Waals surface area contributed by atoms with Crippen LogP contribution in [0.5, 0.6) is 0 Å². The van der Waals surface area contributed by atoms with Gasteiger partial charge in [-0.15, -0.1) is 0 Å². The minimum atomic E-state index is -0.0187. The summed E-state index contributed by atoms with van der Waals surface area (Å²) < 4.78 is 4.57. The Morgan fingerprint density at radius 1 is 1.62 bits per heavy atom. The van der Waals surface area contributed by atoms with E-state index in [4.69, 9.17) is 0 Å². The molecular formula is C8H11BrN2O2. The summed E-state index contributed by atoms with van der Waals surface area (Å²) in [6.45, 7) is 0. The average molecular weight is 247 g/mol. The standard InChI is InChI=1S/C8H11BrN2O2/c9-5-2-1-3-8(12)10-7-4-6-13-11-7/h4,6H,1-3,5H2,(H,10,11,12). The fourth-order valence-corrected chi connectivity index (χ4v) is 1.26. The lowest BCUT2D eigenvalue weighted by molar-refractivity contribution is -0.116. The summed E-state index contributed by atoms with van der Waals surface area (Å²) in [6, 6.07) is 1.61. The van der Waals surface area contributed by atoms with Gasteiger partial charge >= 0.3 is 0 Å². The van der Waals surface area contributed by atoms with E-state index >= 15 is 0 Å². The zero-order chi connectivity index (χ0) is 9.52. The maximum atomic E-state index is 11.2. The summed E-state index contributed by atoms with van der Waals surface area (Å²) in [7, 11) is 0. The van der Waals surface area contributed by atoms with Gasteiger partial charge in [-0.1, -0.05) is 21.1 Å². The van der Waals surface area contributed by atoms with Crippen molar-refractivity contribution in [3.63, 3.8) is 0 Å². The first kappa shape index (κ1) is 10.2. The van der Waals surface area contributed by atoms with E-state index in [1.54, 1.807) is 6.07 Å². The quantitative estimate of drug-likeness (QED) is 0.640. The van der Waals surface area contributed by atoms with Crippen LogP contribution in [-0.2, 0) is 4.79 Å². The molecule has 4 nitrogen and oxygen atoms in total. The second kappa shape index (κ2) is 5.75. The first-order chi connectivity index (χ1) is 6.33. The third-order valence-electron chi connectivity index (χ3n) is 1.49. The lowest BCUT2D eigenvalue weighted by atomic mass is 10.2. The molecule has 0 aliphatic carbocycles. The summed E-state index contributed by atoms with van der Waals surface area (Å²) in [6.07, 6.45) is 3.84. The molecule has 1 N–H and O–H groups in total. The van der Waals surface area contributed by atoms with Crippen molar-refractivity contribution in [3.05, 3.63) is 12.3 Å². The Kier molecular flexibility index (Phi) is 4.53. The molecule has 1 amide bonds. The van der Waals surface area contributed by atoms with Crippen LogP contribution in [0.25, 0.3) is 0 Å². The van der Waals surface area contributed by atoms with Crippen LogP contribution >= 0.6 is 15.9 Å². The molecule has 1 aromatic rings. The van der Waals surface area contributed by atoms with Gasteiger partial charge in [0.2, 0.25) is 5.91 Å². The summed E-state index contributed by atoms with van der Waals surface area (Å²) >= 11 is 3.30. The van der Waals surface area contributed by atoms with Gasteiger partial charge < -0.3 is 9.84 Å². The Bertz CT molecular complexity index is 249. The summed E-state index contributed by atoms with van der Waals surface area (Å²) in [5.41, 5.74) is 0. The fourth-order valence-electron chi connectivity index (χ4n) is 0.862. The number of anilines is 1. The van der Waals surface area contributed by atoms with Gasteiger partial charge in [0, 0.05) is 17.8 Å². The molecule has 0 fully saturated rings. The Morgan fingerprint density at radius 2 is 2.46 bits per heavy atom. The number of hydrogen-bond donors (Lipinski definition) is 1. The van der Waals surface area contributed by atoms with E-state index in [2.05, 4.69) is 30.9 Å². The van der Waals surface area contributed by atoms with Crippen LogP contribution in [0, 0.1) is 0 Å². The smallest absolute Gasteiger partial charge is 0.225 e. The molecular weight excluding hydrogens is 236 g/mol. The third-order valence-corrected chi connectivity index (χ3v) is 2.05. The summed E-state index contributed by atoms with van der Waals surface area (Å²) in [5.74, 6) is 0.457. The molecule has 1 aromatic heterocycles. The second-order valence-corrected chi connectivity index (χ2v) is 3.37. The lowest BCUT2D eigenvalue weighted by Crippen LogP contribution is -2.11. The average Bonchev–Trinajstić information content (AvgIpc) is 2.57. The van der Waals surface area contributed by atoms with Crippen molar-refractivity contribution < 1.29 is 9.32 Å². The number of alkyl halides is 1. The molecule has 0 unspecified atom stereocenters. The second-order valence-electron chi connectivity index (χ2n) is 2.58. The molecule has 1 heterocycles. The molecule has 0 saturated carbocycles. The maximum absolute atomic E-state index is 11.2. The van der Waals surface area contributed by atoms with Crippen LogP contribution in [0.1, 0.15) is 19.3 Å². The molecule has 0 saturated heterocycles. The molecule has 13 heavy (non-hydrogen) atoms. The number of amides is 1. The highest BCUT2D eigenvalue weighted by Gasteiger charge is 2.02. The number of unbranched alkanes of at least 4 members (excludes halogenated alkanes) is 1. The first-order valence-electron chi connectivity index (χ1n) is 4.09. The summed E-state index contributed by atoms with van der Waals surface area (Å²) in [4.78, 5) is 11.2. The van der Waals surface area contributed by atoms with E-state index in [-0.39, 0.29) is 5.91 Å². The van der Waals surface area contributed by atoms with Crippen molar-refractivity contribution in [1.29, 1.82) is 0 Å².